The number of halogens is 3. The lowest BCUT2D eigenvalue weighted by atomic mass is 10.0. The molecule has 0 aliphatic carbocycles. The average Bonchev–Trinajstić information content (AvgIpc) is 3.64. The quantitative estimate of drug-likeness (QED) is 0.308. The van der Waals surface area contributed by atoms with Crippen molar-refractivity contribution in [2.75, 3.05) is 53.7 Å². The fourth-order valence-electron chi connectivity index (χ4n) is 6.11. The molecule has 0 aromatic heterocycles. The Balaban J connectivity index is 0.000000178. The van der Waals surface area contributed by atoms with Crippen molar-refractivity contribution in [2.24, 2.45) is 9.98 Å². The number of hydrogen-bond acceptors (Lipinski definition) is 10. The van der Waals surface area contributed by atoms with E-state index in [1.54, 1.807) is 36.6 Å². The van der Waals surface area contributed by atoms with Crippen LogP contribution in [0.1, 0.15) is 60.3 Å². The summed E-state index contributed by atoms with van der Waals surface area (Å²) < 4.78 is 38.0. The molecule has 6 aliphatic rings. The molecule has 0 saturated heterocycles. The van der Waals surface area contributed by atoms with Crippen LogP contribution in [0, 0.1) is 0 Å². The average molecular weight is 631 g/mol. The topological polar surface area (TPSA) is 62.6 Å². The molecule has 0 atom stereocenters. The highest BCUT2D eigenvalue weighted by atomic mass is 19.4. The Morgan fingerprint density at radius 3 is 1.62 bits per heavy atom. The molecule has 0 aromatic rings. The molecule has 0 unspecified atom stereocenters. The van der Waals surface area contributed by atoms with Gasteiger partial charge in [0.05, 0.1) is 56.9 Å². The van der Waals surface area contributed by atoms with Crippen LogP contribution in [0.25, 0.3) is 0 Å². The third-order valence-corrected chi connectivity index (χ3v) is 8.94. The fraction of sp³-hybridized carbons (Fsp3) is 0.562. The van der Waals surface area contributed by atoms with Crippen molar-refractivity contribution in [3.8, 4) is 0 Å². The van der Waals surface area contributed by atoms with Gasteiger partial charge < -0.3 is 19.6 Å². The molecular formula is C32H45F3N8O2. The Bertz CT molecular complexity index is 1420. The molecule has 0 saturated carbocycles. The predicted molar refractivity (Wildman–Crippen MR) is 168 cm³/mol. The number of hydroxylamine groups is 4. The molecule has 45 heavy (non-hydrogen) atoms. The van der Waals surface area contributed by atoms with E-state index in [2.05, 4.69) is 35.6 Å². The summed E-state index contributed by atoms with van der Waals surface area (Å²) in [7, 11) is 3.26. The van der Waals surface area contributed by atoms with Gasteiger partial charge in [-0.05, 0) is 56.4 Å². The number of allylic oxidation sites excluding steroid dienone is 4. The summed E-state index contributed by atoms with van der Waals surface area (Å²) in [4.78, 5) is 28.3. The lowest BCUT2D eigenvalue weighted by Crippen LogP contribution is -2.42. The number of unbranched alkanes of at least 4 members (excludes halogenated alkanes) is 2. The van der Waals surface area contributed by atoms with E-state index in [1.807, 2.05) is 36.2 Å². The van der Waals surface area contributed by atoms with Crippen LogP contribution >= 0.6 is 0 Å². The maximum atomic E-state index is 12.7. The van der Waals surface area contributed by atoms with Crippen molar-refractivity contribution in [1.29, 1.82) is 0 Å². The van der Waals surface area contributed by atoms with Gasteiger partial charge in [-0.15, -0.1) is 0 Å². The third-order valence-electron chi connectivity index (χ3n) is 8.94. The molecule has 0 N–H and O–H groups in total. The number of alkyl halides is 3. The van der Waals surface area contributed by atoms with Gasteiger partial charge >= 0.3 is 6.18 Å². The second-order valence-electron chi connectivity index (χ2n) is 12.0. The largest absolute Gasteiger partial charge is 0.390 e. The summed E-state index contributed by atoms with van der Waals surface area (Å²) in [5.41, 5.74) is 8.58. The van der Waals surface area contributed by atoms with E-state index in [0.29, 0.717) is 13.2 Å². The summed E-state index contributed by atoms with van der Waals surface area (Å²) in [5, 5.41) is 3.47. The van der Waals surface area contributed by atoms with Crippen molar-refractivity contribution in [2.45, 2.75) is 66.5 Å². The first-order valence-electron chi connectivity index (χ1n) is 15.5. The Labute approximate surface area is 264 Å². The van der Waals surface area contributed by atoms with E-state index in [-0.39, 0.29) is 6.54 Å². The number of hydrogen-bond donors (Lipinski definition) is 0. The van der Waals surface area contributed by atoms with Gasteiger partial charge in [0, 0.05) is 26.2 Å². The standard InChI is InChI=1S/C17H26N4O.C15H19F3N4O/c1-5-6-7-8-19-10-13(2)14(3)16-17(19)21-12-20(22-4)11-15(21)9-18-16;1-10-7-20(5-4-15(16,17)18)14-13(11(10)2)19-6-12-8-21(23-3)9-22(12)14/h9,11H,5-8,10,12H2,1-4H3;6,8H,4-5,7,9H2,1-3H3. The van der Waals surface area contributed by atoms with Gasteiger partial charge in [0.15, 0.2) is 0 Å². The highest BCUT2D eigenvalue weighted by molar-refractivity contribution is 5.82. The Morgan fingerprint density at radius 2 is 1.20 bits per heavy atom. The molecule has 0 aromatic carbocycles. The summed E-state index contributed by atoms with van der Waals surface area (Å²) in [5.74, 6) is 1.97. The third kappa shape index (κ3) is 6.79. The lowest BCUT2D eigenvalue weighted by Gasteiger charge is -2.40. The smallest absolute Gasteiger partial charge is 0.352 e. The Hall–Kier alpha value is -3.71. The van der Waals surface area contributed by atoms with Gasteiger partial charge in [-0.1, -0.05) is 19.8 Å². The molecule has 246 valence electrons. The van der Waals surface area contributed by atoms with Crippen LogP contribution in [0.2, 0.25) is 0 Å². The van der Waals surface area contributed by atoms with Crippen LogP contribution in [0.3, 0.4) is 0 Å². The van der Waals surface area contributed by atoms with Crippen molar-refractivity contribution < 1.29 is 22.8 Å². The predicted octanol–water partition coefficient (Wildman–Crippen LogP) is 5.88. The van der Waals surface area contributed by atoms with E-state index in [4.69, 9.17) is 14.7 Å². The normalized spacial score (nSPS) is 20.9. The minimum absolute atomic E-state index is 0.0841. The minimum atomic E-state index is -4.18. The highest BCUT2D eigenvalue weighted by Gasteiger charge is 2.37. The lowest BCUT2D eigenvalue weighted by molar-refractivity contribution is -0.137. The molecule has 0 fully saturated rings. The van der Waals surface area contributed by atoms with Gasteiger partial charge in [-0.3, -0.25) is 19.7 Å². The van der Waals surface area contributed by atoms with Gasteiger partial charge in [-0.25, -0.2) is 10.1 Å². The van der Waals surface area contributed by atoms with Crippen LogP contribution in [0.15, 0.2) is 79.1 Å². The molecule has 6 aliphatic heterocycles. The minimum Gasteiger partial charge on any atom is -0.352 e. The van der Waals surface area contributed by atoms with Crippen LogP contribution in [0.5, 0.6) is 0 Å². The monoisotopic (exact) mass is 630 g/mol. The van der Waals surface area contributed by atoms with Gasteiger partial charge in [-0.2, -0.15) is 13.2 Å². The maximum Gasteiger partial charge on any atom is 0.390 e. The number of nitrogens with zero attached hydrogens (tertiary/aromatic N) is 8. The summed E-state index contributed by atoms with van der Waals surface area (Å²) >= 11 is 0. The summed E-state index contributed by atoms with van der Waals surface area (Å²) in [6, 6.07) is 0. The zero-order valence-electron chi connectivity index (χ0n) is 27.4. The van der Waals surface area contributed by atoms with E-state index < -0.39 is 12.6 Å². The molecule has 6 heterocycles. The number of fused-ring (bicyclic) bond motifs is 4. The molecule has 13 heteroatoms. The van der Waals surface area contributed by atoms with E-state index in [1.165, 1.54) is 36.2 Å². The summed E-state index contributed by atoms with van der Waals surface area (Å²) in [6.45, 7) is 14.2. The van der Waals surface area contributed by atoms with Crippen LogP contribution < -0.4 is 0 Å². The van der Waals surface area contributed by atoms with Crippen LogP contribution in [-0.2, 0) is 9.68 Å². The van der Waals surface area contributed by atoms with E-state index in [0.717, 1.165) is 59.5 Å². The van der Waals surface area contributed by atoms with Crippen molar-refractivity contribution in [1.82, 2.24) is 29.7 Å². The Kier molecular flexibility index (Phi) is 9.68. The maximum absolute atomic E-state index is 12.7. The molecule has 0 amide bonds. The number of aliphatic imine (C=N–C) groups is 2. The van der Waals surface area contributed by atoms with Crippen molar-refractivity contribution >= 4 is 12.4 Å². The second-order valence-corrected chi connectivity index (χ2v) is 12.0. The number of rotatable bonds is 8. The first kappa shape index (κ1) is 32.7. The molecular weight excluding hydrogens is 585 g/mol. The molecule has 6 rings (SSSR count). The zero-order valence-corrected chi connectivity index (χ0v) is 27.4. The van der Waals surface area contributed by atoms with E-state index in [9.17, 15) is 13.2 Å². The first-order chi connectivity index (χ1) is 21.4. The van der Waals surface area contributed by atoms with Crippen LogP contribution in [-0.4, -0.2) is 102 Å². The summed E-state index contributed by atoms with van der Waals surface area (Å²) in [6.07, 6.45) is 6.20. The van der Waals surface area contributed by atoms with Gasteiger partial charge in [0.25, 0.3) is 0 Å². The zero-order chi connectivity index (χ0) is 32.5. The molecule has 10 nitrogen and oxygen atoms in total. The molecule has 0 spiro atoms. The van der Waals surface area contributed by atoms with Gasteiger partial charge in [0.2, 0.25) is 0 Å². The Morgan fingerprint density at radius 1 is 0.733 bits per heavy atom. The molecule has 0 bridgehead atoms. The molecule has 0 radical (unpaired) electrons. The SMILES string of the molecule is CCCCCN1CC(C)=C(C)C2=C1N1CN(OC)C=C1C=N2.CON1C=C2C=NC3=C(N(CCC(F)(F)F)CC(C)=C3C)N2C1. The van der Waals surface area contributed by atoms with Crippen molar-refractivity contribution in [3.05, 3.63) is 69.1 Å². The first-order valence-corrected chi connectivity index (χ1v) is 15.5. The highest BCUT2D eigenvalue weighted by Crippen LogP contribution is 2.38. The van der Waals surface area contributed by atoms with Gasteiger partial charge in [0.1, 0.15) is 36.4 Å². The fourth-order valence-corrected chi connectivity index (χ4v) is 6.11. The van der Waals surface area contributed by atoms with Crippen LogP contribution in [0.4, 0.5) is 13.2 Å². The van der Waals surface area contributed by atoms with Crippen molar-refractivity contribution in [3.63, 3.8) is 0 Å². The van der Waals surface area contributed by atoms with E-state index >= 15 is 0 Å². The second kappa shape index (κ2) is 13.3.